The van der Waals surface area contributed by atoms with E-state index in [0.29, 0.717) is 5.56 Å². The zero-order chi connectivity index (χ0) is 18.3. The Hall–Kier alpha value is -0.550. The smallest absolute Gasteiger partial charge is 0.307 e. The molecule has 0 atom stereocenters. The van der Waals surface area contributed by atoms with Crippen molar-refractivity contribution in [2.24, 2.45) is 10.8 Å². The highest BCUT2D eigenvalue weighted by Crippen LogP contribution is 2.80. The van der Waals surface area contributed by atoms with Gasteiger partial charge < -0.3 is 18.1 Å². The van der Waals surface area contributed by atoms with Gasteiger partial charge in [0.15, 0.2) is 5.40 Å². The summed E-state index contributed by atoms with van der Waals surface area (Å²) in [5.41, 5.74) is -0.00998. The van der Waals surface area contributed by atoms with Crippen LogP contribution in [0.4, 0.5) is 0 Å². The zero-order valence-electron chi connectivity index (χ0n) is 15.0. The van der Waals surface area contributed by atoms with E-state index in [9.17, 15) is 9.13 Å². The predicted molar refractivity (Wildman–Crippen MR) is 93.6 cm³/mol. The molecule has 0 N–H and O–H groups in total. The normalized spacial score (nSPS) is 27.1. The molecule has 3 heterocycles. The van der Waals surface area contributed by atoms with Crippen LogP contribution in [-0.2, 0) is 27.2 Å². The van der Waals surface area contributed by atoms with E-state index in [4.69, 9.17) is 18.1 Å². The molecular weight excluding hydrogens is 364 g/mol. The van der Waals surface area contributed by atoms with Crippen LogP contribution >= 0.6 is 15.2 Å². The lowest BCUT2D eigenvalue weighted by molar-refractivity contribution is 0.0274. The van der Waals surface area contributed by atoms with Crippen molar-refractivity contribution in [1.82, 2.24) is 4.98 Å². The maximum atomic E-state index is 13.5. The van der Waals surface area contributed by atoms with E-state index in [2.05, 4.69) is 4.98 Å². The van der Waals surface area contributed by atoms with Gasteiger partial charge in [-0.15, -0.1) is 0 Å². The van der Waals surface area contributed by atoms with Gasteiger partial charge in [-0.1, -0.05) is 27.7 Å². The largest absolute Gasteiger partial charge is 0.350 e. The van der Waals surface area contributed by atoms with Crippen molar-refractivity contribution in [3.63, 3.8) is 0 Å². The molecule has 25 heavy (non-hydrogen) atoms. The number of rotatable bonds is 3. The first-order chi connectivity index (χ1) is 11.6. The van der Waals surface area contributed by atoms with Gasteiger partial charge in [0.1, 0.15) is 0 Å². The Morgan fingerprint density at radius 1 is 0.840 bits per heavy atom. The second-order valence-corrected chi connectivity index (χ2v) is 12.8. The SMILES string of the molecule is CC1(C)COP(=O)(C(c2ccncc2)P2(=O)OCC(C)(C)CO2)OC1. The van der Waals surface area contributed by atoms with Gasteiger partial charge >= 0.3 is 15.2 Å². The fourth-order valence-corrected chi connectivity index (χ4v) is 8.66. The van der Waals surface area contributed by atoms with Gasteiger partial charge in [-0.05, 0) is 17.7 Å². The molecule has 140 valence electrons. The van der Waals surface area contributed by atoms with Crippen molar-refractivity contribution < 1.29 is 27.2 Å². The van der Waals surface area contributed by atoms with Crippen molar-refractivity contribution in [3.8, 4) is 0 Å². The Morgan fingerprint density at radius 2 is 1.20 bits per heavy atom. The number of nitrogens with zero attached hydrogens (tertiary/aromatic N) is 1. The zero-order valence-corrected chi connectivity index (χ0v) is 16.8. The molecule has 1 aromatic heterocycles. The third kappa shape index (κ3) is 4.08. The molecule has 0 unspecified atom stereocenters. The van der Waals surface area contributed by atoms with Crippen LogP contribution in [0.5, 0.6) is 0 Å². The molecule has 0 spiro atoms. The first-order valence-electron chi connectivity index (χ1n) is 8.23. The molecule has 0 saturated carbocycles. The highest BCUT2D eigenvalue weighted by atomic mass is 31.2. The van der Waals surface area contributed by atoms with Crippen LogP contribution in [0.1, 0.15) is 38.7 Å². The summed E-state index contributed by atoms with van der Waals surface area (Å²) in [6, 6.07) is 3.28. The van der Waals surface area contributed by atoms with Gasteiger partial charge in [0.25, 0.3) is 0 Å². The van der Waals surface area contributed by atoms with Gasteiger partial charge in [-0.25, -0.2) is 0 Å². The van der Waals surface area contributed by atoms with Crippen LogP contribution in [0.25, 0.3) is 0 Å². The summed E-state index contributed by atoms with van der Waals surface area (Å²) in [5.74, 6) is 0. The number of pyridine rings is 1. The lowest BCUT2D eigenvalue weighted by Gasteiger charge is -2.42. The first-order valence-corrected chi connectivity index (χ1v) is 11.5. The summed E-state index contributed by atoms with van der Waals surface area (Å²) in [7, 11) is -7.48. The van der Waals surface area contributed by atoms with Crippen molar-refractivity contribution in [1.29, 1.82) is 0 Å². The molecule has 2 aliphatic heterocycles. The average molecular weight is 389 g/mol. The number of hydrogen-bond acceptors (Lipinski definition) is 7. The third-order valence-corrected chi connectivity index (χ3v) is 9.59. The summed E-state index contributed by atoms with van der Waals surface area (Å²) >= 11 is 0. The van der Waals surface area contributed by atoms with Crippen LogP contribution in [0.3, 0.4) is 0 Å². The monoisotopic (exact) mass is 389 g/mol. The van der Waals surface area contributed by atoms with E-state index in [1.54, 1.807) is 24.5 Å². The van der Waals surface area contributed by atoms with Crippen LogP contribution in [-0.4, -0.2) is 31.4 Å². The summed E-state index contributed by atoms with van der Waals surface area (Å²) in [4.78, 5) is 3.97. The third-order valence-electron chi connectivity index (χ3n) is 4.14. The van der Waals surface area contributed by atoms with Crippen molar-refractivity contribution in [2.45, 2.75) is 33.1 Å². The quantitative estimate of drug-likeness (QED) is 0.698. The molecule has 0 aliphatic carbocycles. The molecule has 0 bridgehead atoms. The maximum Gasteiger partial charge on any atom is 0.350 e. The second kappa shape index (κ2) is 6.56. The highest BCUT2D eigenvalue weighted by Gasteiger charge is 2.56. The fourth-order valence-electron chi connectivity index (χ4n) is 2.57. The highest BCUT2D eigenvalue weighted by molar-refractivity contribution is 7.72. The molecule has 2 fully saturated rings. The number of hydrogen-bond donors (Lipinski definition) is 0. The van der Waals surface area contributed by atoms with Crippen molar-refractivity contribution in [2.75, 3.05) is 26.4 Å². The van der Waals surface area contributed by atoms with Gasteiger partial charge in [0, 0.05) is 23.2 Å². The standard InChI is InChI=1S/C16H25NO6P2/c1-15(2)9-20-24(18,21-10-15)14(13-5-7-17-8-6-13)25(19)22-11-16(3,4)12-23-25/h5-8,14H,9-12H2,1-4H3. The Balaban J connectivity index is 1.98. The van der Waals surface area contributed by atoms with Crippen LogP contribution < -0.4 is 0 Å². The van der Waals surface area contributed by atoms with Gasteiger partial charge in [-0.3, -0.25) is 14.1 Å². The van der Waals surface area contributed by atoms with Gasteiger partial charge in [0.2, 0.25) is 0 Å². The maximum absolute atomic E-state index is 13.5. The van der Waals surface area contributed by atoms with Crippen molar-refractivity contribution in [3.05, 3.63) is 30.1 Å². The van der Waals surface area contributed by atoms with E-state index >= 15 is 0 Å². The van der Waals surface area contributed by atoms with Crippen molar-refractivity contribution >= 4 is 15.2 Å². The lowest BCUT2D eigenvalue weighted by Crippen LogP contribution is -2.33. The van der Waals surface area contributed by atoms with E-state index in [0.717, 1.165) is 0 Å². The molecule has 7 nitrogen and oxygen atoms in total. The van der Waals surface area contributed by atoms with Crippen LogP contribution in [0.2, 0.25) is 0 Å². The summed E-state index contributed by atoms with van der Waals surface area (Å²) < 4.78 is 49.6. The lowest BCUT2D eigenvalue weighted by atomic mass is 9.97. The van der Waals surface area contributed by atoms with Crippen LogP contribution in [0.15, 0.2) is 24.5 Å². The molecule has 0 radical (unpaired) electrons. The number of aromatic nitrogens is 1. The van der Waals surface area contributed by atoms with E-state index in [-0.39, 0.29) is 37.3 Å². The minimum atomic E-state index is -3.74. The Kier molecular flexibility index (Phi) is 5.04. The van der Waals surface area contributed by atoms with E-state index in [1.165, 1.54) is 0 Å². The first kappa shape index (κ1) is 19.2. The predicted octanol–water partition coefficient (Wildman–Crippen LogP) is 4.61. The molecule has 9 heteroatoms. The topological polar surface area (TPSA) is 84.0 Å². The summed E-state index contributed by atoms with van der Waals surface area (Å²) in [6.45, 7) is 8.81. The molecule has 0 amide bonds. The van der Waals surface area contributed by atoms with E-state index < -0.39 is 20.6 Å². The van der Waals surface area contributed by atoms with Crippen LogP contribution in [0, 0.1) is 10.8 Å². The summed E-state index contributed by atoms with van der Waals surface area (Å²) in [6.07, 6.45) is 3.09. The van der Waals surface area contributed by atoms with E-state index in [1.807, 2.05) is 27.7 Å². The second-order valence-electron chi connectivity index (χ2n) is 8.16. The Labute approximate surface area is 148 Å². The minimum absolute atomic E-state index is 0.247. The molecular formula is C16H25NO6P2. The molecule has 1 aromatic rings. The molecule has 2 aliphatic rings. The van der Waals surface area contributed by atoms with Gasteiger partial charge in [-0.2, -0.15) is 0 Å². The Morgan fingerprint density at radius 3 is 1.56 bits per heavy atom. The summed E-state index contributed by atoms with van der Waals surface area (Å²) in [5, 5.41) is -1.12. The van der Waals surface area contributed by atoms with Gasteiger partial charge in [0.05, 0.1) is 26.4 Å². The molecule has 0 aromatic carbocycles. The fraction of sp³-hybridized carbons (Fsp3) is 0.688. The molecule has 3 rings (SSSR count). The average Bonchev–Trinajstić information content (AvgIpc) is 2.55. The molecule has 2 saturated heterocycles. The Bertz CT molecular complexity index is 651. The minimum Gasteiger partial charge on any atom is -0.307 e.